The molecule has 0 saturated heterocycles. The molecule has 0 aliphatic rings. The Hall–Kier alpha value is -1.92. The van der Waals surface area contributed by atoms with Crippen LogP contribution in [0, 0.1) is 0 Å². The molecule has 2 aromatic rings. The molecule has 0 amide bonds. The van der Waals surface area contributed by atoms with Gasteiger partial charge in [-0.2, -0.15) is 0 Å². The first kappa shape index (κ1) is 24.4. The predicted octanol–water partition coefficient (Wildman–Crippen LogP) is 6.15. The van der Waals surface area contributed by atoms with Crippen molar-refractivity contribution in [3.8, 4) is 23.0 Å². The van der Waals surface area contributed by atoms with Gasteiger partial charge in [0.15, 0.2) is 23.0 Å². The van der Waals surface area contributed by atoms with E-state index >= 15 is 0 Å². The monoisotopic (exact) mass is 538 g/mol. The maximum absolute atomic E-state index is 5.47. The van der Waals surface area contributed by atoms with Crippen molar-refractivity contribution in [2.24, 2.45) is 0 Å². The number of alkyl halides is 2. The summed E-state index contributed by atoms with van der Waals surface area (Å²) in [5.41, 5.74) is 4.88. The zero-order valence-corrected chi connectivity index (χ0v) is 21.0. The molecule has 6 heteroatoms. The van der Waals surface area contributed by atoms with Gasteiger partial charge < -0.3 is 18.9 Å². The highest BCUT2D eigenvalue weighted by atomic mass is 79.9. The number of ether oxygens (including phenoxy) is 4. The number of rotatable bonds is 11. The second-order valence-electron chi connectivity index (χ2n) is 6.55. The molecule has 0 aliphatic heterocycles. The van der Waals surface area contributed by atoms with Gasteiger partial charge >= 0.3 is 0 Å². The molecule has 0 saturated carbocycles. The van der Waals surface area contributed by atoms with Crippen LogP contribution in [0.25, 0.3) is 0 Å². The highest BCUT2D eigenvalue weighted by molar-refractivity contribution is 9.09. The van der Waals surface area contributed by atoms with Crippen LogP contribution in [0.15, 0.2) is 59.7 Å². The van der Waals surface area contributed by atoms with Gasteiger partial charge in [-0.25, -0.2) is 0 Å². The Morgan fingerprint density at radius 2 is 1.23 bits per heavy atom. The van der Waals surface area contributed by atoms with Gasteiger partial charge in [0.05, 0.1) is 28.4 Å². The van der Waals surface area contributed by atoms with Crippen molar-refractivity contribution in [2.45, 2.75) is 12.8 Å². The van der Waals surface area contributed by atoms with E-state index in [2.05, 4.69) is 56.1 Å². The summed E-state index contributed by atoms with van der Waals surface area (Å²) in [7, 11) is 6.61. The van der Waals surface area contributed by atoms with Crippen LogP contribution in [0.4, 0.5) is 0 Å². The van der Waals surface area contributed by atoms with Gasteiger partial charge in [0.2, 0.25) is 0 Å². The molecular formula is C24H28Br2O4. The van der Waals surface area contributed by atoms with Gasteiger partial charge in [0, 0.05) is 10.7 Å². The lowest BCUT2D eigenvalue weighted by molar-refractivity contribution is 0.354. The molecule has 30 heavy (non-hydrogen) atoms. The maximum Gasteiger partial charge on any atom is 0.160 e. The molecule has 2 rings (SSSR count). The van der Waals surface area contributed by atoms with Crippen molar-refractivity contribution in [1.82, 2.24) is 0 Å². The molecular weight excluding hydrogens is 512 g/mol. The summed E-state index contributed by atoms with van der Waals surface area (Å²) in [5, 5.41) is 1.57. The second-order valence-corrected chi connectivity index (χ2v) is 7.76. The van der Waals surface area contributed by atoms with Crippen molar-refractivity contribution in [3.63, 3.8) is 0 Å². The van der Waals surface area contributed by atoms with Crippen LogP contribution in [0.3, 0.4) is 0 Å². The summed E-state index contributed by atoms with van der Waals surface area (Å²) in [5.74, 6) is 2.93. The van der Waals surface area contributed by atoms with Crippen LogP contribution < -0.4 is 18.9 Å². The fourth-order valence-corrected chi connectivity index (χ4v) is 3.93. The minimum Gasteiger partial charge on any atom is -0.493 e. The zero-order chi connectivity index (χ0) is 21.9. The smallest absolute Gasteiger partial charge is 0.160 e. The molecule has 0 aromatic heterocycles. The minimum atomic E-state index is 0.730. The van der Waals surface area contributed by atoms with Crippen molar-refractivity contribution < 1.29 is 18.9 Å². The van der Waals surface area contributed by atoms with E-state index in [1.165, 1.54) is 16.7 Å². The Morgan fingerprint density at radius 3 is 1.67 bits per heavy atom. The Kier molecular flexibility index (Phi) is 10.3. The first-order chi connectivity index (χ1) is 14.6. The molecule has 0 aliphatic carbocycles. The van der Waals surface area contributed by atoms with Crippen molar-refractivity contribution >= 4 is 31.9 Å². The summed E-state index contributed by atoms with van der Waals surface area (Å²) in [6.45, 7) is 0. The van der Waals surface area contributed by atoms with Crippen molar-refractivity contribution in [3.05, 3.63) is 70.8 Å². The molecule has 0 atom stereocenters. The van der Waals surface area contributed by atoms with E-state index in [0.29, 0.717) is 0 Å². The Morgan fingerprint density at radius 1 is 0.733 bits per heavy atom. The van der Waals surface area contributed by atoms with Crippen LogP contribution in [-0.4, -0.2) is 39.1 Å². The van der Waals surface area contributed by atoms with Gasteiger partial charge in [-0.05, 0) is 53.8 Å². The molecule has 4 nitrogen and oxygen atoms in total. The Labute approximate surface area is 196 Å². The summed E-state index contributed by atoms with van der Waals surface area (Å²) in [4.78, 5) is 0. The molecule has 162 valence electrons. The van der Waals surface area contributed by atoms with E-state index in [9.17, 15) is 0 Å². The highest BCUT2D eigenvalue weighted by Gasteiger charge is 2.11. The Balaban J connectivity index is 2.39. The lowest BCUT2D eigenvalue weighted by atomic mass is 9.95. The number of methoxy groups -OCH3 is 4. The molecule has 0 fully saturated rings. The fraction of sp³-hybridized carbons (Fsp3) is 0.333. The van der Waals surface area contributed by atoms with E-state index in [0.717, 1.165) is 52.1 Å². The van der Waals surface area contributed by atoms with Crippen LogP contribution >= 0.6 is 31.9 Å². The molecule has 2 aromatic carbocycles. The maximum atomic E-state index is 5.47. The van der Waals surface area contributed by atoms with E-state index in [1.54, 1.807) is 28.4 Å². The third kappa shape index (κ3) is 6.54. The summed E-state index contributed by atoms with van der Waals surface area (Å²) < 4.78 is 21.7. The van der Waals surface area contributed by atoms with Gasteiger partial charge in [-0.15, -0.1) is 0 Å². The topological polar surface area (TPSA) is 36.9 Å². The highest BCUT2D eigenvalue weighted by Crippen LogP contribution is 2.31. The number of benzene rings is 2. The first-order valence-electron chi connectivity index (χ1n) is 9.51. The van der Waals surface area contributed by atoms with Gasteiger partial charge in [-0.3, -0.25) is 0 Å². The lowest BCUT2D eigenvalue weighted by Crippen LogP contribution is -2.02. The zero-order valence-electron chi connectivity index (χ0n) is 17.8. The summed E-state index contributed by atoms with van der Waals surface area (Å²) >= 11 is 7.18. The standard InChI is InChI=1S/C24H28Br2O4/c1-27-21-9-7-17(14-23(21)29-3)12-19(6-5-11-25)20(16-26)13-18-8-10-22(28-2)24(15-18)30-4/h5-10,14-15H,11-13,16H2,1-4H3/b6-5+,20-19-. The average molecular weight is 540 g/mol. The Bertz CT molecular complexity index is 891. The van der Waals surface area contributed by atoms with E-state index < -0.39 is 0 Å². The number of halogens is 2. The molecule has 0 spiro atoms. The van der Waals surface area contributed by atoms with Crippen LogP contribution in [0.1, 0.15) is 11.1 Å². The van der Waals surface area contributed by atoms with Crippen molar-refractivity contribution in [1.29, 1.82) is 0 Å². The van der Waals surface area contributed by atoms with E-state index in [-0.39, 0.29) is 0 Å². The first-order valence-corrected chi connectivity index (χ1v) is 11.8. The summed E-state index contributed by atoms with van der Waals surface area (Å²) in [6, 6.07) is 12.1. The summed E-state index contributed by atoms with van der Waals surface area (Å²) in [6.07, 6.45) is 5.90. The number of allylic oxidation sites excluding steroid dienone is 4. The largest absolute Gasteiger partial charge is 0.493 e. The number of hydrogen-bond acceptors (Lipinski definition) is 4. The van der Waals surface area contributed by atoms with Gasteiger partial charge in [0.25, 0.3) is 0 Å². The van der Waals surface area contributed by atoms with Gasteiger partial charge in [0.1, 0.15) is 0 Å². The number of hydrogen-bond donors (Lipinski definition) is 0. The van der Waals surface area contributed by atoms with E-state index in [4.69, 9.17) is 18.9 Å². The predicted molar refractivity (Wildman–Crippen MR) is 130 cm³/mol. The van der Waals surface area contributed by atoms with Crippen LogP contribution in [0.2, 0.25) is 0 Å². The fourth-order valence-electron chi connectivity index (χ4n) is 3.18. The molecule has 0 unspecified atom stereocenters. The normalized spacial score (nSPS) is 11.9. The van der Waals surface area contributed by atoms with E-state index in [1.807, 2.05) is 24.3 Å². The van der Waals surface area contributed by atoms with Crippen molar-refractivity contribution in [2.75, 3.05) is 39.1 Å². The second kappa shape index (κ2) is 12.7. The van der Waals surface area contributed by atoms with Crippen LogP contribution in [0.5, 0.6) is 23.0 Å². The molecule has 0 radical (unpaired) electrons. The SMILES string of the molecule is COc1ccc(CC(/C=C/CBr)=C(\CBr)Cc2ccc(OC)c(OC)c2)cc1OC. The average Bonchev–Trinajstić information content (AvgIpc) is 2.79. The van der Waals surface area contributed by atoms with Crippen LogP contribution in [-0.2, 0) is 12.8 Å². The third-order valence-electron chi connectivity index (χ3n) is 4.73. The van der Waals surface area contributed by atoms with Gasteiger partial charge in [-0.1, -0.05) is 61.7 Å². The third-order valence-corrected chi connectivity index (χ3v) is 5.78. The molecule has 0 heterocycles. The quantitative estimate of drug-likeness (QED) is 0.253. The lowest BCUT2D eigenvalue weighted by Gasteiger charge is -2.15. The molecule has 0 bridgehead atoms. The minimum absolute atomic E-state index is 0.730. The molecule has 0 N–H and O–H groups in total.